The van der Waals surface area contributed by atoms with Crippen molar-refractivity contribution in [3.8, 4) is 0 Å². The van der Waals surface area contributed by atoms with Crippen molar-refractivity contribution < 1.29 is 14.5 Å². The average Bonchev–Trinajstić information content (AvgIpc) is 3.23. The van der Waals surface area contributed by atoms with Crippen LogP contribution in [0, 0.1) is 16.0 Å². The minimum atomic E-state index is -0.360. The minimum absolute atomic E-state index is 0.0234. The van der Waals surface area contributed by atoms with Crippen molar-refractivity contribution in [1.29, 1.82) is 0 Å². The van der Waals surface area contributed by atoms with Crippen LogP contribution in [0.4, 0.5) is 11.4 Å². The summed E-state index contributed by atoms with van der Waals surface area (Å²) >= 11 is 0. The van der Waals surface area contributed by atoms with Crippen LogP contribution >= 0.6 is 0 Å². The molecule has 1 aliphatic carbocycles. The van der Waals surface area contributed by atoms with Crippen LogP contribution in [0.5, 0.6) is 0 Å². The van der Waals surface area contributed by atoms with Gasteiger partial charge < -0.3 is 10.1 Å². The van der Waals surface area contributed by atoms with Gasteiger partial charge >= 0.3 is 5.97 Å². The lowest BCUT2D eigenvalue weighted by Gasteiger charge is -2.37. The Bertz CT molecular complexity index is 969. The first-order valence-corrected chi connectivity index (χ1v) is 10.1. The average molecular weight is 392 g/mol. The fourth-order valence-electron chi connectivity index (χ4n) is 4.28. The smallest absolute Gasteiger partial charge is 0.338 e. The fraction of sp³-hybridized carbons (Fsp3) is 0.348. The number of anilines is 1. The van der Waals surface area contributed by atoms with Crippen molar-refractivity contribution in [3.05, 3.63) is 81.4 Å². The maximum atomic E-state index is 12.4. The molecule has 0 bridgehead atoms. The number of benzene rings is 2. The van der Waals surface area contributed by atoms with E-state index in [9.17, 15) is 14.9 Å². The molecule has 2 aromatic carbocycles. The number of carbonyl (C=O) groups is 1. The zero-order chi connectivity index (χ0) is 20.4. The predicted octanol–water partition coefficient (Wildman–Crippen LogP) is 5.38. The van der Waals surface area contributed by atoms with E-state index >= 15 is 0 Å². The summed E-state index contributed by atoms with van der Waals surface area (Å²) in [5.41, 5.74) is 3.61. The van der Waals surface area contributed by atoms with Gasteiger partial charge in [-0.15, -0.1) is 0 Å². The molecule has 0 fully saturated rings. The second kappa shape index (κ2) is 8.07. The number of carbonyl (C=O) groups excluding carboxylic acids is 1. The van der Waals surface area contributed by atoms with Gasteiger partial charge in [0.05, 0.1) is 23.1 Å². The van der Waals surface area contributed by atoms with Gasteiger partial charge in [0.1, 0.15) is 0 Å². The summed E-state index contributed by atoms with van der Waals surface area (Å²) in [4.78, 5) is 23.2. The summed E-state index contributed by atoms with van der Waals surface area (Å²) in [5, 5.41) is 14.7. The Morgan fingerprint density at radius 3 is 2.93 bits per heavy atom. The van der Waals surface area contributed by atoms with Crippen LogP contribution in [0.2, 0.25) is 0 Å². The van der Waals surface area contributed by atoms with Crippen LogP contribution in [0.15, 0.2) is 54.6 Å². The molecule has 1 heterocycles. The van der Waals surface area contributed by atoms with Crippen molar-refractivity contribution in [2.75, 3.05) is 11.9 Å². The molecule has 150 valence electrons. The molecular formula is C23H24N2O4. The summed E-state index contributed by atoms with van der Waals surface area (Å²) in [6.45, 7) is 2.49. The van der Waals surface area contributed by atoms with E-state index < -0.39 is 0 Å². The molecule has 3 atom stereocenters. The highest BCUT2D eigenvalue weighted by Gasteiger charge is 2.38. The minimum Gasteiger partial charge on any atom is -0.462 e. The van der Waals surface area contributed by atoms with E-state index in [1.54, 1.807) is 18.2 Å². The van der Waals surface area contributed by atoms with Gasteiger partial charge in [0, 0.05) is 23.7 Å². The van der Waals surface area contributed by atoms with Gasteiger partial charge in [-0.3, -0.25) is 10.1 Å². The number of hydrogen-bond acceptors (Lipinski definition) is 5. The van der Waals surface area contributed by atoms with Crippen LogP contribution in [0.1, 0.15) is 59.6 Å². The summed E-state index contributed by atoms with van der Waals surface area (Å²) < 4.78 is 5.36. The Morgan fingerprint density at radius 1 is 1.28 bits per heavy atom. The molecule has 0 amide bonds. The normalized spacial score (nSPS) is 21.8. The fourth-order valence-corrected chi connectivity index (χ4v) is 4.28. The number of rotatable bonds is 6. The van der Waals surface area contributed by atoms with E-state index in [4.69, 9.17) is 4.74 Å². The molecule has 4 rings (SSSR count). The molecule has 0 aromatic heterocycles. The lowest BCUT2D eigenvalue weighted by molar-refractivity contribution is -0.384. The zero-order valence-corrected chi connectivity index (χ0v) is 16.3. The van der Waals surface area contributed by atoms with Crippen LogP contribution in [-0.2, 0) is 4.74 Å². The number of non-ortho nitro benzene ring substituents is 1. The molecule has 29 heavy (non-hydrogen) atoms. The first-order chi connectivity index (χ1) is 14.1. The monoisotopic (exact) mass is 392 g/mol. The standard InChI is InChI=1S/C23H24N2O4/c1-2-3-12-29-23(26)16-10-11-21-20(14-16)18-8-5-9-19(18)22(24-21)15-6-4-7-17(13-15)25(27)28/h4-8,10-11,13-14,18-19,22,24H,2-3,9,12H2,1H3/t18-,19+,22-/m0/s1. The van der Waals surface area contributed by atoms with Crippen molar-refractivity contribution in [2.24, 2.45) is 5.92 Å². The lowest BCUT2D eigenvalue weighted by Crippen LogP contribution is -2.29. The summed E-state index contributed by atoms with van der Waals surface area (Å²) in [5.74, 6) is 0.121. The zero-order valence-electron chi connectivity index (χ0n) is 16.3. The number of nitrogens with zero attached hydrogens (tertiary/aromatic N) is 1. The number of nitrogens with one attached hydrogen (secondary N) is 1. The van der Waals surface area contributed by atoms with E-state index in [1.165, 1.54) is 6.07 Å². The number of esters is 1. The number of nitro benzene ring substituents is 1. The Kier molecular flexibility index (Phi) is 5.34. The number of nitro groups is 1. The van der Waals surface area contributed by atoms with Gasteiger partial charge in [-0.05, 0) is 48.1 Å². The van der Waals surface area contributed by atoms with Crippen molar-refractivity contribution in [2.45, 2.75) is 38.1 Å². The molecule has 0 saturated heterocycles. The second-order valence-corrected chi connectivity index (χ2v) is 7.62. The molecule has 1 aliphatic heterocycles. The van der Waals surface area contributed by atoms with Crippen LogP contribution in [0.3, 0.4) is 0 Å². The van der Waals surface area contributed by atoms with Crippen molar-refractivity contribution in [1.82, 2.24) is 0 Å². The number of hydrogen-bond donors (Lipinski definition) is 1. The molecule has 0 unspecified atom stereocenters. The molecule has 2 aromatic rings. The first-order valence-electron chi connectivity index (χ1n) is 10.1. The summed E-state index contributed by atoms with van der Waals surface area (Å²) in [6.07, 6.45) is 7.06. The molecule has 0 radical (unpaired) electrons. The predicted molar refractivity (Wildman–Crippen MR) is 111 cm³/mol. The molecule has 6 heteroatoms. The van der Waals surface area contributed by atoms with E-state index in [-0.39, 0.29) is 34.5 Å². The Morgan fingerprint density at radius 2 is 2.14 bits per heavy atom. The van der Waals surface area contributed by atoms with Crippen LogP contribution in [0.25, 0.3) is 0 Å². The van der Waals surface area contributed by atoms with E-state index in [1.807, 2.05) is 18.2 Å². The molecule has 0 saturated carbocycles. The van der Waals surface area contributed by atoms with Gasteiger partial charge in [0.25, 0.3) is 5.69 Å². The third-order valence-electron chi connectivity index (χ3n) is 5.77. The van der Waals surface area contributed by atoms with Crippen molar-refractivity contribution in [3.63, 3.8) is 0 Å². The summed E-state index contributed by atoms with van der Waals surface area (Å²) in [7, 11) is 0. The van der Waals surface area contributed by atoms with E-state index in [0.29, 0.717) is 12.2 Å². The maximum absolute atomic E-state index is 12.4. The second-order valence-electron chi connectivity index (χ2n) is 7.62. The molecule has 2 aliphatic rings. The van der Waals surface area contributed by atoms with Gasteiger partial charge in [-0.1, -0.05) is 37.6 Å². The van der Waals surface area contributed by atoms with Crippen LogP contribution < -0.4 is 5.32 Å². The quantitative estimate of drug-likeness (QED) is 0.235. The molecular weight excluding hydrogens is 368 g/mol. The lowest BCUT2D eigenvalue weighted by atomic mass is 9.76. The highest BCUT2D eigenvalue weighted by atomic mass is 16.6. The molecule has 1 N–H and O–H groups in total. The number of unbranched alkanes of at least 4 members (excludes halogenated alkanes) is 1. The van der Waals surface area contributed by atoms with Gasteiger partial charge in [0.15, 0.2) is 0 Å². The largest absolute Gasteiger partial charge is 0.462 e. The maximum Gasteiger partial charge on any atom is 0.338 e. The van der Waals surface area contributed by atoms with Gasteiger partial charge in [-0.25, -0.2) is 4.79 Å². The highest BCUT2D eigenvalue weighted by molar-refractivity contribution is 5.90. The van der Waals surface area contributed by atoms with E-state index in [2.05, 4.69) is 24.4 Å². The van der Waals surface area contributed by atoms with Gasteiger partial charge in [0.2, 0.25) is 0 Å². The first kappa shape index (κ1) is 19.2. The third kappa shape index (κ3) is 3.75. The third-order valence-corrected chi connectivity index (χ3v) is 5.77. The van der Waals surface area contributed by atoms with E-state index in [0.717, 1.165) is 36.1 Å². The number of allylic oxidation sites excluding steroid dienone is 2. The van der Waals surface area contributed by atoms with Gasteiger partial charge in [-0.2, -0.15) is 0 Å². The topological polar surface area (TPSA) is 81.5 Å². The highest BCUT2D eigenvalue weighted by Crippen LogP contribution is 2.50. The van der Waals surface area contributed by atoms with Crippen molar-refractivity contribution >= 4 is 17.3 Å². The summed E-state index contributed by atoms with van der Waals surface area (Å²) in [6, 6.07) is 12.4. The molecule has 0 spiro atoms. The van der Waals surface area contributed by atoms with Crippen LogP contribution in [-0.4, -0.2) is 17.5 Å². The number of ether oxygens (including phenoxy) is 1. The Labute approximate surface area is 169 Å². The molecule has 6 nitrogen and oxygen atoms in total. The Hall–Kier alpha value is -3.15. The SMILES string of the molecule is CCCCOC(=O)c1ccc2c(c1)[C@H]1C=CC[C@H]1[C@H](c1cccc([N+](=O)[O-])c1)N2. The Balaban J connectivity index is 1.63. The number of fused-ring (bicyclic) bond motifs is 3.